The number of hydrogen-bond donors (Lipinski definition) is 0. The van der Waals surface area contributed by atoms with Crippen LogP contribution < -0.4 is 5.12 Å². The molecule has 1 aromatic rings. The second-order valence-electron chi connectivity index (χ2n) is 2.10. The Morgan fingerprint density at radius 2 is 2.00 bits per heavy atom. The number of carbonyl (C=O) groups is 1. The molecule has 0 aliphatic rings. The first-order chi connectivity index (χ1) is 5.75. The molecule has 0 unspecified atom stereocenters. The first-order valence-corrected chi connectivity index (χ1v) is 3.33. The number of para-hydroxylation sites is 1. The number of amides is 1. The zero-order chi connectivity index (χ0) is 8.97. The fraction of sp³-hybridized carbons (Fsp3) is 0. The highest BCUT2D eigenvalue weighted by Gasteiger charge is 2.10. The topological polar surface area (TPSA) is 20.3 Å². The van der Waals surface area contributed by atoms with Crippen LogP contribution in [0.5, 0.6) is 0 Å². The SMILES string of the molecule is C=[C]C(=O)N(F)c1ccccc1. The highest BCUT2D eigenvalue weighted by atomic mass is 19.2. The van der Waals surface area contributed by atoms with Gasteiger partial charge >= 0.3 is 0 Å². The molecule has 0 fully saturated rings. The average Bonchev–Trinajstić information content (AvgIpc) is 2.17. The summed E-state index contributed by atoms with van der Waals surface area (Å²) in [5.74, 6) is -0.888. The Bertz CT molecular complexity index is 284. The molecule has 1 amide bonds. The standard InChI is InChI=1S/C9H7FNO/c1-2-9(12)11(10)8-6-4-3-5-7-8/h3-7H,1H2. The lowest BCUT2D eigenvalue weighted by Crippen LogP contribution is -2.19. The zero-order valence-electron chi connectivity index (χ0n) is 6.33. The van der Waals surface area contributed by atoms with Crippen molar-refractivity contribution in [3.8, 4) is 0 Å². The summed E-state index contributed by atoms with van der Waals surface area (Å²) >= 11 is 0. The summed E-state index contributed by atoms with van der Waals surface area (Å²) in [6, 6.07) is 7.97. The first-order valence-electron chi connectivity index (χ1n) is 3.33. The summed E-state index contributed by atoms with van der Waals surface area (Å²) in [5.41, 5.74) is 0.179. The maximum Gasteiger partial charge on any atom is 0.286 e. The molecule has 0 saturated heterocycles. The third-order valence-corrected chi connectivity index (χ3v) is 1.31. The van der Waals surface area contributed by atoms with E-state index in [0.29, 0.717) is 0 Å². The van der Waals surface area contributed by atoms with Crippen LogP contribution in [0.4, 0.5) is 10.2 Å². The lowest BCUT2D eigenvalue weighted by molar-refractivity contribution is -0.117. The Morgan fingerprint density at radius 1 is 1.42 bits per heavy atom. The van der Waals surface area contributed by atoms with Crippen LogP contribution in [0.3, 0.4) is 0 Å². The predicted molar refractivity (Wildman–Crippen MR) is 43.9 cm³/mol. The third kappa shape index (κ3) is 1.69. The predicted octanol–water partition coefficient (Wildman–Crippen LogP) is 1.89. The minimum atomic E-state index is -0.888. The fourth-order valence-electron chi connectivity index (χ4n) is 0.746. The molecule has 0 N–H and O–H groups in total. The third-order valence-electron chi connectivity index (χ3n) is 1.31. The van der Waals surface area contributed by atoms with Crippen LogP contribution in [0, 0.1) is 6.08 Å². The number of benzene rings is 1. The summed E-state index contributed by atoms with van der Waals surface area (Å²) < 4.78 is 12.9. The quantitative estimate of drug-likeness (QED) is 0.483. The van der Waals surface area contributed by atoms with Crippen molar-refractivity contribution in [3.05, 3.63) is 43.0 Å². The Labute approximate surface area is 69.9 Å². The molecule has 1 aromatic carbocycles. The van der Waals surface area contributed by atoms with E-state index in [1.165, 1.54) is 12.1 Å². The molecule has 61 valence electrons. The Kier molecular flexibility index (Phi) is 2.58. The van der Waals surface area contributed by atoms with Crippen molar-refractivity contribution in [1.82, 2.24) is 0 Å². The van der Waals surface area contributed by atoms with E-state index in [0.717, 1.165) is 0 Å². The molecule has 12 heavy (non-hydrogen) atoms. The Balaban J connectivity index is 2.85. The summed E-state index contributed by atoms with van der Waals surface area (Å²) in [6.07, 6.45) is 1.93. The number of nitrogens with zero attached hydrogens (tertiary/aromatic N) is 1. The van der Waals surface area contributed by atoms with Gasteiger partial charge in [0.05, 0.1) is 5.69 Å². The molecule has 0 spiro atoms. The second kappa shape index (κ2) is 3.67. The number of carbonyl (C=O) groups excluding carboxylic acids is 1. The van der Waals surface area contributed by atoms with Crippen LogP contribution in [-0.4, -0.2) is 5.91 Å². The van der Waals surface area contributed by atoms with E-state index in [1.807, 2.05) is 6.08 Å². The van der Waals surface area contributed by atoms with Gasteiger partial charge in [-0.3, -0.25) is 4.79 Å². The molecule has 0 heterocycles. The van der Waals surface area contributed by atoms with Crippen LogP contribution in [0.2, 0.25) is 0 Å². The first kappa shape index (κ1) is 8.46. The summed E-state index contributed by atoms with van der Waals surface area (Å²) in [4.78, 5) is 10.7. The van der Waals surface area contributed by atoms with Crippen LogP contribution in [-0.2, 0) is 4.79 Å². The van der Waals surface area contributed by atoms with Gasteiger partial charge in [0, 0.05) is 6.08 Å². The van der Waals surface area contributed by atoms with Crippen molar-refractivity contribution in [2.75, 3.05) is 5.12 Å². The Morgan fingerprint density at radius 3 is 2.50 bits per heavy atom. The fourth-order valence-corrected chi connectivity index (χ4v) is 0.746. The minimum absolute atomic E-state index is 0.00694. The molecule has 2 nitrogen and oxygen atoms in total. The molecule has 0 aromatic heterocycles. The van der Waals surface area contributed by atoms with Gasteiger partial charge < -0.3 is 0 Å². The monoisotopic (exact) mass is 164 g/mol. The van der Waals surface area contributed by atoms with Crippen LogP contribution in [0.1, 0.15) is 0 Å². The van der Waals surface area contributed by atoms with Crippen LogP contribution >= 0.6 is 0 Å². The average molecular weight is 164 g/mol. The van der Waals surface area contributed by atoms with Crippen molar-refractivity contribution >= 4 is 11.6 Å². The van der Waals surface area contributed by atoms with E-state index in [1.54, 1.807) is 18.2 Å². The van der Waals surface area contributed by atoms with Crippen molar-refractivity contribution in [1.29, 1.82) is 0 Å². The number of anilines is 1. The van der Waals surface area contributed by atoms with E-state index < -0.39 is 5.91 Å². The normalized spacial score (nSPS) is 9.08. The molecule has 0 aliphatic carbocycles. The van der Waals surface area contributed by atoms with Crippen molar-refractivity contribution in [3.63, 3.8) is 0 Å². The van der Waals surface area contributed by atoms with Gasteiger partial charge in [0.25, 0.3) is 5.91 Å². The minimum Gasteiger partial charge on any atom is -0.266 e. The highest BCUT2D eigenvalue weighted by Crippen LogP contribution is 2.13. The second-order valence-corrected chi connectivity index (χ2v) is 2.10. The van der Waals surface area contributed by atoms with E-state index in [2.05, 4.69) is 6.58 Å². The zero-order valence-corrected chi connectivity index (χ0v) is 6.33. The molecule has 0 aliphatic heterocycles. The number of halogens is 1. The van der Waals surface area contributed by atoms with Gasteiger partial charge in [0.15, 0.2) is 0 Å². The van der Waals surface area contributed by atoms with Gasteiger partial charge in [-0.15, -0.1) is 5.12 Å². The largest absolute Gasteiger partial charge is 0.286 e. The van der Waals surface area contributed by atoms with E-state index in [4.69, 9.17) is 0 Å². The van der Waals surface area contributed by atoms with Gasteiger partial charge in [0.2, 0.25) is 0 Å². The van der Waals surface area contributed by atoms with Crippen molar-refractivity contribution < 1.29 is 9.28 Å². The number of rotatable bonds is 2. The van der Waals surface area contributed by atoms with Gasteiger partial charge in [0.1, 0.15) is 0 Å². The Hall–Kier alpha value is -1.64. The molecule has 3 heteroatoms. The van der Waals surface area contributed by atoms with E-state index in [-0.39, 0.29) is 10.8 Å². The lowest BCUT2D eigenvalue weighted by Gasteiger charge is -2.07. The molecule has 0 atom stereocenters. The van der Waals surface area contributed by atoms with Gasteiger partial charge in [-0.1, -0.05) is 29.3 Å². The van der Waals surface area contributed by atoms with Crippen LogP contribution in [0.15, 0.2) is 36.9 Å². The maximum absolute atomic E-state index is 12.9. The smallest absolute Gasteiger partial charge is 0.266 e. The molecule has 0 bridgehead atoms. The molecular weight excluding hydrogens is 157 g/mol. The summed E-state index contributed by atoms with van der Waals surface area (Å²) in [7, 11) is 0. The molecule has 1 radical (unpaired) electrons. The summed E-state index contributed by atoms with van der Waals surface area (Å²) in [6.45, 7) is 3.05. The van der Waals surface area contributed by atoms with Gasteiger partial charge in [-0.05, 0) is 12.1 Å². The number of hydrogen-bond acceptors (Lipinski definition) is 1. The lowest BCUT2D eigenvalue weighted by atomic mass is 10.3. The highest BCUT2D eigenvalue weighted by molar-refractivity contribution is 5.96. The van der Waals surface area contributed by atoms with Crippen LogP contribution in [0.25, 0.3) is 0 Å². The molecule has 0 saturated carbocycles. The maximum atomic E-state index is 12.9. The van der Waals surface area contributed by atoms with Crippen molar-refractivity contribution in [2.45, 2.75) is 0 Å². The van der Waals surface area contributed by atoms with E-state index in [9.17, 15) is 9.28 Å². The van der Waals surface area contributed by atoms with E-state index >= 15 is 0 Å². The summed E-state index contributed by atoms with van der Waals surface area (Å²) in [5, 5.41) is -0.00694. The molecule has 1 rings (SSSR count). The van der Waals surface area contributed by atoms with Crippen molar-refractivity contribution in [2.24, 2.45) is 0 Å². The molecular formula is C9H7FNO. The van der Waals surface area contributed by atoms with Gasteiger partial charge in [-0.25, -0.2) is 0 Å². The van der Waals surface area contributed by atoms with Gasteiger partial charge in [-0.2, -0.15) is 0 Å².